The molecule has 1 aliphatic rings. The Morgan fingerprint density at radius 2 is 2.30 bits per heavy atom. The molecule has 0 bridgehead atoms. The van der Waals surface area contributed by atoms with Crippen molar-refractivity contribution >= 4 is 17.4 Å². The van der Waals surface area contributed by atoms with Crippen molar-refractivity contribution in [2.24, 2.45) is 0 Å². The zero-order valence-corrected chi connectivity index (χ0v) is 6.61. The minimum atomic E-state index is -0.0586. The predicted octanol–water partition coefficient (Wildman–Crippen LogP) is 2.42. The molecule has 0 saturated carbocycles. The van der Waals surface area contributed by atoms with Crippen molar-refractivity contribution < 1.29 is 4.79 Å². The third-order valence-electron chi connectivity index (χ3n) is 1.48. The van der Waals surface area contributed by atoms with E-state index in [2.05, 4.69) is 0 Å². The molecule has 0 heterocycles. The molecular weight excluding hydrogens is 148 g/mol. The normalized spacial score (nSPS) is 19.6. The van der Waals surface area contributed by atoms with Gasteiger partial charge in [0, 0.05) is 0 Å². The van der Waals surface area contributed by atoms with Gasteiger partial charge >= 0.3 is 0 Å². The molecular formula is C8H9ClO. The number of hydrogen-bond acceptors (Lipinski definition) is 1. The fraction of sp³-hybridized carbons (Fsp3) is 0.375. The van der Waals surface area contributed by atoms with Crippen molar-refractivity contribution in [2.75, 3.05) is 0 Å². The lowest BCUT2D eigenvalue weighted by Gasteiger charge is -1.90. The second-order valence-electron chi connectivity index (χ2n) is 2.45. The van der Waals surface area contributed by atoms with Crippen LogP contribution in [0.25, 0.3) is 0 Å². The van der Waals surface area contributed by atoms with E-state index < -0.39 is 0 Å². The van der Waals surface area contributed by atoms with Gasteiger partial charge in [0.2, 0.25) is 0 Å². The fourth-order valence-corrected chi connectivity index (χ4v) is 1.06. The smallest absolute Gasteiger partial charge is 0.196 e. The molecule has 0 unspecified atom stereocenters. The van der Waals surface area contributed by atoms with Crippen LogP contribution in [-0.4, -0.2) is 5.78 Å². The Kier molecular flexibility index (Phi) is 2.28. The van der Waals surface area contributed by atoms with E-state index in [4.69, 9.17) is 11.6 Å². The summed E-state index contributed by atoms with van der Waals surface area (Å²) in [6.45, 7) is 1.95. The molecule has 0 spiro atoms. The standard InChI is InChI=1S/C8H9ClO/c1-6-3-2-4-7(9)8(10)5-6/h4-5H,2-3H2,1H3. The van der Waals surface area contributed by atoms with Gasteiger partial charge in [-0.3, -0.25) is 4.79 Å². The zero-order valence-electron chi connectivity index (χ0n) is 5.86. The van der Waals surface area contributed by atoms with E-state index in [1.807, 2.05) is 6.92 Å². The van der Waals surface area contributed by atoms with Gasteiger partial charge in [0.15, 0.2) is 5.78 Å². The molecule has 0 aromatic rings. The number of halogens is 1. The lowest BCUT2D eigenvalue weighted by atomic mass is 10.2. The lowest BCUT2D eigenvalue weighted by molar-refractivity contribution is -0.110. The Morgan fingerprint density at radius 1 is 1.60 bits per heavy atom. The second kappa shape index (κ2) is 3.02. The summed E-state index contributed by atoms with van der Waals surface area (Å²) in [6, 6.07) is 0. The number of ketones is 1. The maximum absolute atomic E-state index is 10.9. The highest BCUT2D eigenvalue weighted by Crippen LogP contribution is 2.15. The first-order valence-electron chi connectivity index (χ1n) is 3.27. The van der Waals surface area contributed by atoms with Crippen LogP contribution < -0.4 is 0 Å². The van der Waals surface area contributed by atoms with Crippen LogP contribution in [0, 0.1) is 0 Å². The van der Waals surface area contributed by atoms with Crippen LogP contribution in [0.4, 0.5) is 0 Å². The van der Waals surface area contributed by atoms with Crippen LogP contribution in [0.1, 0.15) is 19.8 Å². The van der Waals surface area contributed by atoms with E-state index >= 15 is 0 Å². The molecule has 1 aliphatic carbocycles. The van der Waals surface area contributed by atoms with Crippen LogP contribution in [0.2, 0.25) is 0 Å². The second-order valence-corrected chi connectivity index (χ2v) is 2.85. The molecule has 0 saturated heterocycles. The highest BCUT2D eigenvalue weighted by Gasteiger charge is 2.06. The van der Waals surface area contributed by atoms with Crippen molar-refractivity contribution in [1.29, 1.82) is 0 Å². The highest BCUT2D eigenvalue weighted by atomic mass is 35.5. The number of rotatable bonds is 0. The molecule has 2 heteroatoms. The molecule has 0 radical (unpaired) electrons. The lowest BCUT2D eigenvalue weighted by Crippen LogP contribution is -1.90. The maximum Gasteiger partial charge on any atom is 0.196 e. The molecule has 54 valence electrons. The third-order valence-corrected chi connectivity index (χ3v) is 1.82. The minimum absolute atomic E-state index is 0.0586. The fourth-order valence-electron chi connectivity index (χ4n) is 0.892. The van der Waals surface area contributed by atoms with E-state index in [-0.39, 0.29) is 5.78 Å². The quantitative estimate of drug-likeness (QED) is 0.527. The molecule has 0 aromatic heterocycles. The molecule has 0 fully saturated rings. The largest absolute Gasteiger partial charge is 0.288 e. The van der Waals surface area contributed by atoms with Crippen LogP contribution >= 0.6 is 11.6 Å². The first-order valence-corrected chi connectivity index (χ1v) is 3.65. The SMILES string of the molecule is CC1=CC(=O)C(Cl)=CCC1. The minimum Gasteiger partial charge on any atom is -0.288 e. The molecule has 0 atom stereocenters. The Balaban J connectivity index is 2.85. The van der Waals surface area contributed by atoms with Gasteiger partial charge in [-0.2, -0.15) is 0 Å². The van der Waals surface area contributed by atoms with Gasteiger partial charge in [0.1, 0.15) is 0 Å². The Hall–Kier alpha value is -0.560. The first-order chi connectivity index (χ1) is 4.70. The number of carbonyl (C=O) groups excluding carboxylic acids is 1. The van der Waals surface area contributed by atoms with Gasteiger partial charge in [0.05, 0.1) is 5.03 Å². The van der Waals surface area contributed by atoms with Crippen molar-refractivity contribution in [1.82, 2.24) is 0 Å². The third kappa shape index (κ3) is 1.71. The van der Waals surface area contributed by atoms with E-state index in [9.17, 15) is 4.79 Å². The van der Waals surface area contributed by atoms with Gasteiger partial charge in [-0.15, -0.1) is 0 Å². The predicted molar refractivity (Wildman–Crippen MR) is 41.9 cm³/mol. The maximum atomic E-state index is 10.9. The summed E-state index contributed by atoms with van der Waals surface area (Å²) in [4.78, 5) is 10.9. The summed E-state index contributed by atoms with van der Waals surface area (Å²) >= 11 is 5.60. The monoisotopic (exact) mass is 156 g/mol. The topological polar surface area (TPSA) is 17.1 Å². The van der Waals surface area contributed by atoms with Crippen LogP contribution in [0.3, 0.4) is 0 Å². The Bertz CT molecular complexity index is 213. The average Bonchev–Trinajstić information content (AvgIpc) is 1.96. The van der Waals surface area contributed by atoms with Gasteiger partial charge in [-0.1, -0.05) is 23.3 Å². The molecule has 1 nitrogen and oxygen atoms in total. The van der Waals surface area contributed by atoms with E-state index in [1.165, 1.54) is 0 Å². The van der Waals surface area contributed by atoms with E-state index in [0.29, 0.717) is 5.03 Å². The van der Waals surface area contributed by atoms with Crippen LogP contribution in [0.15, 0.2) is 22.8 Å². The van der Waals surface area contributed by atoms with Crippen molar-refractivity contribution in [3.63, 3.8) is 0 Å². The first kappa shape index (κ1) is 7.55. The van der Waals surface area contributed by atoms with Gasteiger partial charge in [0.25, 0.3) is 0 Å². The summed E-state index contributed by atoms with van der Waals surface area (Å²) < 4.78 is 0. The molecule has 0 aromatic carbocycles. The zero-order chi connectivity index (χ0) is 7.56. The van der Waals surface area contributed by atoms with E-state index in [1.54, 1.807) is 12.2 Å². The van der Waals surface area contributed by atoms with Crippen molar-refractivity contribution in [3.8, 4) is 0 Å². The number of carbonyl (C=O) groups is 1. The molecule has 0 aliphatic heterocycles. The summed E-state index contributed by atoms with van der Waals surface area (Å²) in [5.74, 6) is -0.0586. The summed E-state index contributed by atoms with van der Waals surface area (Å²) in [6.07, 6.45) is 5.21. The van der Waals surface area contributed by atoms with Gasteiger partial charge < -0.3 is 0 Å². The average molecular weight is 157 g/mol. The van der Waals surface area contributed by atoms with Gasteiger partial charge in [-0.25, -0.2) is 0 Å². The van der Waals surface area contributed by atoms with E-state index in [0.717, 1.165) is 18.4 Å². The summed E-state index contributed by atoms with van der Waals surface area (Å²) in [5, 5.41) is 0.358. The number of hydrogen-bond donors (Lipinski definition) is 0. The molecule has 0 N–H and O–H groups in total. The van der Waals surface area contributed by atoms with Gasteiger partial charge in [-0.05, 0) is 25.8 Å². The van der Waals surface area contributed by atoms with Crippen LogP contribution in [-0.2, 0) is 4.79 Å². The molecule has 0 amide bonds. The number of allylic oxidation sites excluding steroid dienone is 4. The van der Waals surface area contributed by atoms with Crippen molar-refractivity contribution in [3.05, 3.63) is 22.8 Å². The Morgan fingerprint density at radius 3 is 3.00 bits per heavy atom. The van der Waals surface area contributed by atoms with Crippen LogP contribution in [0.5, 0.6) is 0 Å². The summed E-state index contributed by atoms with van der Waals surface area (Å²) in [7, 11) is 0. The summed E-state index contributed by atoms with van der Waals surface area (Å²) in [5.41, 5.74) is 1.11. The molecule has 1 rings (SSSR count). The molecule has 10 heavy (non-hydrogen) atoms. The Labute approximate surface area is 65.4 Å². The highest BCUT2D eigenvalue weighted by molar-refractivity contribution is 6.44. The van der Waals surface area contributed by atoms with Crippen molar-refractivity contribution in [2.45, 2.75) is 19.8 Å².